The topological polar surface area (TPSA) is 93.3 Å². The average molecular weight is 438 g/mol. The van der Waals surface area contributed by atoms with Gasteiger partial charge in [0.2, 0.25) is 0 Å². The molecule has 2 aliphatic heterocycles. The number of imide groups is 1. The summed E-state index contributed by atoms with van der Waals surface area (Å²) in [5.41, 5.74) is 1.44. The van der Waals surface area contributed by atoms with Gasteiger partial charge in [-0.05, 0) is 41.1 Å². The molecule has 0 saturated carbocycles. The molecule has 150 valence electrons. The molecule has 2 aliphatic rings. The number of anilines is 1. The van der Waals surface area contributed by atoms with Crippen molar-refractivity contribution < 1.29 is 19.0 Å². The molecule has 0 bridgehead atoms. The summed E-state index contributed by atoms with van der Waals surface area (Å²) in [5, 5.41) is 14.9. The minimum Gasteiger partial charge on any atom is -0.323 e. The number of urea groups is 1. The Bertz CT molecular complexity index is 1120. The van der Waals surface area contributed by atoms with Gasteiger partial charge in [-0.1, -0.05) is 12.1 Å². The fourth-order valence-corrected chi connectivity index (χ4v) is 4.97. The van der Waals surface area contributed by atoms with Gasteiger partial charge in [0, 0.05) is 17.0 Å². The molecule has 9 heteroatoms. The van der Waals surface area contributed by atoms with Gasteiger partial charge >= 0.3 is 11.9 Å². The van der Waals surface area contributed by atoms with E-state index < -0.39 is 17.2 Å². The Labute approximate surface area is 181 Å². The van der Waals surface area contributed by atoms with Crippen LogP contribution in [0.4, 0.5) is 10.5 Å². The molecule has 3 heterocycles. The Morgan fingerprint density at radius 2 is 2.13 bits per heavy atom. The van der Waals surface area contributed by atoms with Crippen LogP contribution in [-0.2, 0) is 16.0 Å². The molecule has 2 aromatic rings. The van der Waals surface area contributed by atoms with Crippen molar-refractivity contribution in [2.24, 2.45) is 0 Å². The molecule has 0 aliphatic carbocycles. The molecule has 4 amide bonds. The average Bonchev–Trinajstić information content (AvgIpc) is 3.43. The minimum atomic E-state index is -0.513. The van der Waals surface area contributed by atoms with Gasteiger partial charge in [-0.2, -0.15) is 19.5 Å². The second-order valence-electron chi connectivity index (χ2n) is 6.67. The Morgan fingerprint density at radius 3 is 2.90 bits per heavy atom. The van der Waals surface area contributed by atoms with Crippen LogP contribution in [0.15, 0.2) is 53.3 Å². The van der Waals surface area contributed by atoms with Crippen molar-refractivity contribution in [2.45, 2.75) is 11.7 Å². The summed E-state index contributed by atoms with van der Waals surface area (Å²) in [5.74, 6) is -0.650. The van der Waals surface area contributed by atoms with E-state index in [4.69, 9.17) is 5.26 Å². The van der Waals surface area contributed by atoms with Crippen LogP contribution >= 0.6 is 23.1 Å². The summed E-state index contributed by atoms with van der Waals surface area (Å²) in [4.78, 5) is 40.8. The summed E-state index contributed by atoms with van der Waals surface area (Å²) in [6.07, 6.45) is 2.29. The van der Waals surface area contributed by atoms with Gasteiger partial charge in [0.25, 0.3) is 5.91 Å². The minimum absolute atomic E-state index is 0.213. The molecule has 1 aromatic carbocycles. The van der Waals surface area contributed by atoms with Gasteiger partial charge < -0.3 is 5.32 Å². The van der Waals surface area contributed by atoms with E-state index >= 15 is 0 Å². The molecule has 4 rings (SSSR count). The monoisotopic (exact) mass is 437 g/mol. The Balaban J connectivity index is 1.52. The predicted octanol–water partition coefficient (Wildman–Crippen LogP) is 2.85. The van der Waals surface area contributed by atoms with E-state index in [-0.39, 0.29) is 19.0 Å². The first kappa shape index (κ1) is 20.1. The van der Waals surface area contributed by atoms with Crippen molar-refractivity contribution in [1.29, 1.82) is 5.26 Å². The summed E-state index contributed by atoms with van der Waals surface area (Å²) in [6.45, 7) is 0.0555. The zero-order chi connectivity index (χ0) is 21.1. The highest BCUT2D eigenvalue weighted by molar-refractivity contribution is 8.04. The van der Waals surface area contributed by atoms with Crippen molar-refractivity contribution in [3.8, 4) is 6.07 Å². The van der Waals surface area contributed by atoms with Gasteiger partial charge in [0.15, 0.2) is 11.8 Å². The van der Waals surface area contributed by atoms with E-state index in [1.807, 2.05) is 23.6 Å². The van der Waals surface area contributed by atoms with Gasteiger partial charge in [0.1, 0.15) is 12.3 Å². The number of nitriles is 1. The van der Waals surface area contributed by atoms with E-state index in [2.05, 4.69) is 5.32 Å². The molecule has 30 heavy (non-hydrogen) atoms. The zero-order valence-electron chi connectivity index (χ0n) is 15.8. The number of nitrogens with one attached hydrogen (secondary N) is 1. The maximum atomic E-state index is 13.1. The smallest absolute Gasteiger partial charge is 0.323 e. The first-order valence-corrected chi connectivity index (χ1v) is 11.0. The molecule has 0 fully saturated rings. The highest BCUT2D eigenvalue weighted by Gasteiger charge is 2.49. The molecular weight excluding hydrogens is 420 g/mol. The van der Waals surface area contributed by atoms with Crippen LogP contribution in [0.5, 0.6) is 0 Å². The Morgan fingerprint density at radius 1 is 1.27 bits per heavy atom. The summed E-state index contributed by atoms with van der Waals surface area (Å²) in [7, 11) is 0. The maximum Gasteiger partial charge on any atom is 0.501 e. The predicted molar refractivity (Wildman–Crippen MR) is 116 cm³/mol. The lowest BCUT2D eigenvalue weighted by molar-refractivity contribution is -0.425. The fraction of sp³-hybridized carbons (Fsp3) is 0.190. The van der Waals surface area contributed by atoms with Crippen LogP contribution in [0.3, 0.4) is 0 Å². The molecule has 1 atom stereocenters. The number of carbonyl (C=O) groups is 3. The van der Waals surface area contributed by atoms with Crippen LogP contribution in [0.2, 0.25) is 0 Å². The van der Waals surface area contributed by atoms with Crippen LogP contribution in [-0.4, -0.2) is 51.4 Å². The number of hydrogen-bond donors (Lipinski definition) is 1. The van der Waals surface area contributed by atoms with Crippen molar-refractivity contribution in [2.75, 3.05) is 18.4 Å². The maximum absolute atomic E-state index is 13.1. The van der Waals surface area contributed by atoms with E-state index in [1.165, 1.54) is 21.2 Å². The van der Waals surface area contributed by atoms with Crippen molar-refractivity contribution in [3.63, 3.8) is 0 Å². The fourth-order valence-electron chi connectivity index (χ4n) is 3.31. The number of carbonyl (C=O) groups excluding carboxylic acids is 3. The largest absolute Gasteiger partial charge is 0.501 e. The number of benzene rings is 1. The number of thioether (sulfide) groups is 1. The lowest BCUT2D eigenvalue weighted by Gasteiger charge is -2.24. The molecule has 1 N–H and O–H groups in total. The van der Waals surface area contributed by atoms with Crippen LogP contribution < -0.4 is 5.32 Å². The van der Waals surface area contributed by atoms with Gasteiger partial charge in [-0.3, -0.25) is 4.79 Å². The standard InChI is InChI=1S/C21H16N4O3S2/c22-12-14-3-1-4-15(11-14)23-18(26)13-25-17-7-10-30-19(17)20(27)24(21(25)28)8-6-16-5-2-9-29-16/h1-5,7,9-11,19H,6,8,13H2/p+1. The lowest BCUT2D eigenvalue weighted by atomic mass is 10.1. The summed E-state index contributed by atoms with van der Waals surface area (Å²) < 4.78 is 1.36. The highest BCUT2D eigenvalue weighted by atomic mass is 32.2. The van der Waals surface area contributed by atoms with E-state index in [0.717, 1.165) is 4.88 Å². The number of hydrogen-bond acceptors (Lipinski definition) is 6. The van der Waals surface area contributed by atoms with Crippen LogP contribution in [0.25, 0.3) is 0 Å². The Kier molecular flexibility index (Phi) is 5.79. The quantitative estimate of drug-likeness (QED) is 0.702. The highest BCUT2D eigenvalue weighted by Crippen LogP contribution is 2.28. The number of amides is 4. The van der Waals surface area contributed by atoms with E-state index in [9.17, 15) is 14.4 Å². The third-order valence-corrected chi connectivity index (χ3v) is 6.67. The van der Waals surface area contributed by atoms with Crippen LogP contribution in [0, 0.1) is 11.3 Å². The second-order valence-corrected chi connectivity index (χ2v) is 8.72. The first-order chi connectivity index (χ1) is 14.6. The van der Waals surface area contributed by atoms with Crippen LogP contribution in [0.1, 0.15) is 10.4 Å². The molecule has 7 nitrogen and oxygen atoms in total. The lowest BCUT2D eigenvalue weighted by Crippen LogP contribution is -2.56. The van der Waals surface area contributed by atoms with Gasteiger partial charge in [0.05, 0.1) is 11.6 Å². The molecule has 1 aromatic heterocycles. The van der Waals surface area contributed by atoms with Crippen molar-refractivity contribution in [1.82, 2.24) is 4.90 Å². The molecule has 0 radical (unpaired) electrons. The van der Waals surface area contributed by atoms with Gasteiger partial charge in [-0.25, -0.2) is 4.79 Å². The van der Waals surface area contributed by atoms with Crippen molar-refractivity contribution >= 4 is 52.3 Å². The number of allylic oxidation sites excluding steroid dienone is 1. The zero-order valence-corrected chi connectivity index (χ0v) is 17.4. The SMILES string of the molecule is N#Cc1cccc(NC(=O)C[N+]2=C3C=CSC3C(=O)N(CCc3cccs3)C2=O)c1. The summed E-state index contributed by atoms with van der Waals surface area (Å²) >= 11 is 2.91. The number of nitrogens with zero attached hydrogens (tertiary/aromatic N) is 3. The number of fused-ring (bicyclic) bond motifs is 1. The molecular formula is C21H17N4O3S2+. The first-order valence-electron chi connectivity index (χ1n) is 9.21. The van der Waals surface area contributed by atoms with E-state index in [0.29, 0.717) is 23.4 Å². The normalized spacial score (nSPS) is 17.8. The molecule has 1 unspecified atom stereocenters. The van der Waals surface area contributed by atoms with Crippen molar-refractivity contribution in [3.05, 3.63) is 63.7 Å². The Hall–Kier alpha value is -3.22. The second kappa shape index (κ2) is 8.65. The number of rotatable bonds is 6. The molecule has 0 spiro atoms. The molecule has 0 saturated heterocycles. The third-order valence-electron chi connectivity index (χ3n) is 4.72. The number of thiophene rings is 1. The van der Waals surface area contributed by atoms with Gasteiger partial charge in [-0.15, -0.1) is 23.1 Å². The third kappa shape index (κ3) is 4.06. The van der Waals surface area contributed by atoms with E-state index in [1.54, 1.807) is 47.1 Å². The summed E-state index contributed by atoms with van der Waals surface area (Å²) in [6, 6.07) is 12.0.